The molecule has 0 aliphatic heterocycles. The summed E-state index contributed by atoms with van der Waals surface area (Å²) in [7, 11) is 0. The third kappa shape index (κ3) is 2.59. The van der Waals surface area contributed by atoms with Gasteiger partial charge in [-0.3, -0.25) is 9.36 Å². The highest BCUT2D eigenvalue weighted by Gasteiger charge is 2.18. The van der Waals surface area contributed by atoms with Gasteiger partial charge in [-0.25, -0.2) is 0 Å². The van der Waals surface area contributed by atoms with Crippen molar-refractivity contribution in [1.29, 1.82) is 0 Å². The fourth-order valence-corrected chi connectivity index (χ4v) is 3.85. The second-order valence-electron chi connectivity index (χ2n) is 5.45. The van der Waals surface area contributed by atoms with Crippen LogP contribution >= 0.6 is 11.3 Å². The van der Waals surface area contributed by atoms with Gasteiger partial charge in [0.05, 0.1) is 16.3 Å². The SMILES string of the molecule is O=c1sc(-c2ccccc2)c(-c2ccccc2)n1-c1ccccc1. The standard InChI is InChI=1S/C21H15NOS/c23-21-22(18-14-8-3-9-15-18)19(16-10-4-1-5-11-16)20(24-21)17-12-6-2-7-13-17/h1-15H. The minimum Gasteiger partial charge on any atom is -0.267 e. The molecule has 4 rings (SSSR count). The lowest BCUT2D eigenvalue weighted by molar-refractivity contribution is 1.05. The maximum Gasteiger partial charge on any atom is 0.312 e. The molecule has 2 nitrogen and oxygen atoms in total. The Hall–Kier alpha value is -2.91. The molecule has 3 aromatic carbocycles. The first-order chi connectivity index (χ1) is 11.8. The third-order valence-corrected chi connectivity index (χ3v) is 4.90. The number of nitrogens with zero attached hydrogens (tertiary/aromatic N) is 1. The van der Waals surface area contributed by atoms with Crippen molar-refractivity contribution < 1.29 is 0 Å². The van der Waals surface area contributed by atoms with E-state index < -0.39 is 0 Å². The van der Waals surface area contributed by atoms with Crippen LogP contribution in [-0.4, -0.2) is 4.57 Å². The largest absolute Gasteiger partial charge is 0.312 e. The van der Waals surface area contributed by atoms with Gasteiger partial charge in [0.25, 0.3) is 0 Å². The zero-order chi connectivity index (χ0) is 16.4. The monoisotopic (exact) mass is 329 g/mol. The summed E-state index contributed by atoms with van der Waals surface area (Å²) in [6.45, 7) is 0. The van der Waals surface area contributed by atoms with Gasteiger partial charge in [-0.05, 0) is 17.7 Å². The van der Waals surface area contributed by atoms with Crippen LogP contribution in [0.15, 0.2) is 95.8 Å². The van der Waals surface area contributed by atoms with Gasteiger partial charge in [-0.2, -0.15) is 0 Å². The Morgan fingerprint density at radius 1 is 0.625 bits per heavy atom. The molecule has 0 spiro atoms. The highest BCUT2D eigenvalue weighted by molar-refractivity contribution is 7.13. The molecule has 24 heavy (non-hydrogen) atoms. The molecule has 0 saturated heterocycles. The van der Waals surface area contributed by atoms with Crippen LogP contribution in [0.4, 0.5) is 0 Å². The van der Waals surface area contributed by atoms with E-state index in [-0.39, 0.29) is 4.87 Å². The number of aromatic nitrogens is 1. The van der Waals surface area contributed by atoms with Crippen molar-refractivity contribution in [1.82, 2.24) is 4.57 Å². The summed E-state index contributed by atoms with van der Waals surface area (Å²) in [5.74, 6) is 0. The summed E-state index contributed by atoms with van der Waals surface area (Å²) in [6, 6.07) is 30.0. The van der Waals surface area contributed by atoms with Gasteiger partial charge in [0.15, 0.2) is 0 Å². The van der Waals surface area contributed by atoms with Gasteiger partial charge in [0.2, 0.25) is 0 Å². The molecule has 116 valence electrons. The molecule has 1 aromatic heterocycles. The summed E-state index contributed by atoms with van der Waals surface area (Å²) >= 11 is 1.29. The van der Waals surface area contributed by atoms with Crippen molar-refractivity contribution in [2.75, 3.05) is 0 Å². The maximum atomic E-state index is 12.8. The van der Waals surface area contributed by atoms with E-state index >= 15 is 0 Å². The molecule has 0 fully saturated rings. The van der Waals surface area contributed by atoms with E-state index in [4.69, 9.17) is 0 Å². The second-order valence-corrected chi connectivity index (χ2v) is 6.41. The third-order valence-electron chi connectivity index (χ3n) is 3.91. The normalized spacial score (nSPS) is 10.7. The van der Waals surface area contributed by atoms with Crippen LogP contribution in [0.3, 0.4) is 0 Å². The number of hydrogen-bond acceptors (Lipinski definition) is 2. The van der Waals surface area contributed by atoms with Crippen LogP contribution in [0.1, 0.15) is 0 Å². The Kier molecular flexibility index (Phi) is 3.85. The van der Waals surface area contributed by atoms with Gasteiger partial charge >= 0.3 is 4.87 Å². The Bertz CT molecular complexity index is 1000. The Balaban J connectivity index is 2.05. The van der Waals surface area contributed by atoms with E-state index in [0.717, 1.165) is 27.4 Å². The average Bonchev–Trinajstić information content (AvgIpc) is 3.01. The van der Waals surface area contributed by atoms with Crippen LogP contribution in [0.2, 0.25) is 0 Å². The van der Waals surface area contributed by atoms with Gasteiger partial charge in [0.1, 0.15) is 0 Å². The molecule has 0 radical (unpaired) electrons. The zero-order valence-corrected chi connectivity index (χ0v) is 13.7. The van der Waals surface area contributed by atoms with Crippen molar-refractivity contribution in [3.05, 3.63) is 101 Å². The number of para-hydroxylation sites is 1. The first-order valence-corrected chi connectivity index (χ1v) is 8.58. The van der Waals surface area contributed by atoms with E-state index in [1.807, 2.05) is 95.6 Å². The average molecular weight is 329 g/mol. The summed E-state index contributed by atoms with van der Waals surface area (Å²) in [4.78, 5) is 13.8. The molecule has 3 heteroatoms. The summed E-state index contributed by atoms with van der Waals surface area (Å²) in [5, 5.41) is 0. The fourth-order valence-electron chi connectivity index (χ4n) is 2.83. The number of hydrogen-bond donors (Lipinski definition) is 0. The fraction of sp³-hybridized carbons (Fsp3) is 0. The summed E-state index contributed by atoms with van der Waals surface area (Å²) in [5.41, 5.74) is 3.94. The van der Waals surface area contributed by atoms with E-state index in [1.165, 1.54) is 11.3 Å². The molecule has 0 bridgehead atoms. The maximum absolute atomic E-state index is 12.8. The van der Waals surface area contributed by atoms with Crippen LogP contribution in [0.25, 0.3) is 27.4 Å². The predicted octanol–water partition coefficient (Wildman–Crippen LogP) is 5.23. The predicted molar refractivity (Wildman–Crippen MR) is 101 cm³/mol. The molecular weight excluding hydrogens is 314 g/mol. The van der Waals surface area contributed by atoms with Gasteiger partial charge in [0, 0.05) is 5.56 Å². The summed E-state index contributed by atoms with van der Waals surface area (Å²) in [6.07, 6.45) is 0. The van der Waals surface area contributed by atoms with Crippen molar-refractivity contribution >= 4 is 11.3 Å². The molecule has 1 heterocycles. The van der Waals surface area contributed by atoms with Gasteiger partial charge in [-0.1, -0.05) is 90.2 Å². The molecule has 0 unspecified atom stereocenters. The Morgan fingerprint density at radius 3 is 1.71 bits per heavy atom. The zero-order valence-electron chi connectivity index (χ0n) is 12.9. The quantitative estimate of drug-likeness (QED) is 0.504. The smallest absolute Gasteiger partial charge is 0.267 e. The van der Waals surface area contributed by atoms with Gasteiger partial charge < -0.3 is 0 Å². The number of benzene rings is 3. The van der Waals surface area contributed by atoms with Crippen molar-refractivity contribution in [2.45, 2.75) is 0 Å². The molecule has 0 aliphatic rings. The number of rotatable bonds is 3. The van der Waals surface area contributed by atoms with Crippen LogP contribution < -0.4 is 4.87 Å². The first kappa shape index (κ1) is 14.7. The summed E-state index contributed by atoms with van der Waals surface area (Å²) < 4.78 is 1.81. The topological polar surface area (TPSA) is 22.0 Å². The molecule has 0 N–H and O–H groups in total. The molecular formula is C21H15NOS. The van der Waals surface area contributed by atoms with Crippen molar-refractivity contribution in [3.8, 4) is 27.4 Å². The van der Waals surface area contributed by atoms with Crippen LogP contribution in [0.5, 0.6) is 0 Å². The van der Waals surface area contributed by atoms with Gasteiger partial charge in [-0.15, -0.1) is 0 Å². The number of thiazole rings is 1. The molecule has 0 atom stereocenters. The lowest BCUT2D eigenvalue weighted by Crippen LogP contribution is -2.11. The minimum atomic E-state index is 0.0268. The van der Waals surface area contributed by atoms with E-state index in [9.17, 15) is 4.79 Å². The van der Waals surface area contributed by atoms with Crippen LogP contribution in [0, 0.1) is 0 Å². The Morgan fingerprint density at radius 2 is 1.12 bits per heavy atom. The minimum absolute atomic E-state index is 0.0268. The molecule has 0 saturated carbocycles. The molecule has 0 aliphatic carbocycles. The highest BCUT2D eigenvalue weighted by atomic mass is 32.1. The van der Waals surface area contributed by atoms with Crippen molar-refractivity contribution in [2.24, 2.45) is 0 Å². The van der Waals surface area contributed by atoms with Crippen molar-refractivity contribution in [3.63, 3.8) is 0 Å². The first-order valence-electron chi connectivity index (χ1n) is 7.77. The van der Waals surface area contributed by atoms with Crippen LogP contribution in [-0.2, 0) is 0 Å². The highest BCUT2D eigenvalue weighted by Crippen LogP contribution is 2.35. The second kappa shape index (κ2) is 6.30. The van der Waals surface area contributed by atoms with E-state index in [0.29, 0.717) is 0 Å². The lowest BCUT2D eigenvalue weighted by Gasteiger charge is -2.10. The Labute approximate surface area is 144 Å². The lowest BCUT2D eigenvalue weighted by atomic mass is 10.1. The van der Waals surface area contributed by atoms with E-state index in [2.05, 4.69) is 0 Å². The van der Waals surface area contributed by atoms with E-state index in [1.54, 1.807) is 0 Å². The molecule has 0 amide bonds. The molecule has 4 aromatic rings.